The summed E-state index contributed by atoms with van der Waals surface area (Å²) < 4.78 is 23.5. The molecule has 0 aliphatic carbocycles. The van der Waals surface area contributed by atoms with Crippen molar-refractivity contribution in [1.82, 2.24) is 9.97 Å². The first-order chi connectivity index (χ1) is 16.3. The largest absolute Gasteiger partial charge is 0.493 e. The van der Waals surface area contributed by atoms with E-state index in [9.17, 15) is 4.39 Å². The summed E-state index contributed by atoms with van der Waals surface area (Å²) in [6.45, 7) is 5.63. The molecule has 3 rings (SSSR count). The Hall–Kier alpha value is -4.40. The Morgan fingerprint density at radius 3 is 2.38 bits per heavy atom. The zero-order valence-corrected chi connectivity index (χ0v) is 19.4. The highest BCUT2D eigenvalue weighted by Crippen LogP contribution is 2.33. The minimum Gasteiger partial charge on any atom is -0.493 e. The Kier molecular flexibility index (Phi) is 9.57. The van der Waals surface area contributed by atoms with Crippen molar-refractivity contribution in [3.8, 4) is 11.5 Å². The van der Waals surface area contributed by atoms with E-state index < -0.39 is 0 Å². The molecule has 0 amide bonds. The molecular formula is C25H29FN6O2. The van der Waals surface area contributed by atoms with Crippen LogP contribution in [-0.4, -0.2) is 30.4 Å². The van der Waals surface area contributed by atoms with E-state index in [-0.39, 0.29) is 5.82 Å². The van der Waals surface area contributed by atoms with Gasteiger partial charge in [-0.1, -0.05) is 25.7 Å². The molecule has 34 heavy (non-hydrogen) atoms. The van der Waals surface area contributed by atoms with E-state index in [0.29, 0.717) is 51.1 Å². The van der Waals surface area contributed by atoms with Crippen molar-refractivity contribution in [1.29, 1.82) is 5.41 Å². The van der Waals surface area contributed by atoms with Crippen LogP contribution in [0.5, 0.6) is 11.5 Å². The van der Waals surface area contributed by atoms with E-state index in [4.69, 9.17) is 26.4 Å². The lowest BCUT2D eigenvalue weighted by atomic mass is 10.2. The molecule has 0 radical (unpaired) electrons. The second kappa shape index (κ2) is 12.6. The molecule has 9 heteroatoms. The highest BCUT2D eigenvalue weighted by molar-refractivity contribution is 5.92. The summed E-state index contributed by atoms with van der Waals surface area (Å²) in [6, 6.07) is 9.33. The average Bonchev–Trinajstić information content (AvgIpc) is 2.84. The SMILES string of the molecule is C=C(C=N)/C(N)=C\C=C/CC.COc1cc2nc(Nc3ccc(F)cc3)nc(N)c2cc1OC. The first-order valence-corrected chi connectivity index (χ1v) is 10.4. The topological polar surface area (TPSA) is 132 Å². The Morgan fingerprint density at radius 1 is 1.15 bits per heavy atom. The van der Waals surface area contributed by atoms with E-state index in [1.54, 1.807) is 44.6 Å². The van der Waals surface area contributed by atoms with Gasteiger partial charge < -0.3 is 31.7 Å². The Morgan fingerprint density at radius 2 is 1.79 bits per heavy atom. The Bertz CT molecular complexity index is 1210. The molecule has 0 spiro atoms. The number of hydrogen-bond donors (Lipinski definition) is 4. The fourth-order valence-corrected chi connectivity index (χ4v) is 2.70. The molecule has 1 heterocycles. The second-order valence-corrected chi connectivity index (χ2v) is 6.92. The van der Waals surface area contributed by atoms with Gasteiger partial charge in [-0.05, 0) is 42.8 Å². The maximum absolute atomic E-state index is 12.9. The number of benzene rings is 2. The Balaban J connectivity index is 0.000000316. The fraction of sp³-hybridized carbons (Fsp3) is 0.160. The summed E-state index contributed by atoms with van der Waals surface area (Å²) in [5, 5.41) is 10.5. The molecule has 0 atom stereocenters. The van der Waals surface area contributed by atoms with Gasteiger partial charge >= 0.3 is 0 Å². The fourth-order valence-electron chi connectivity index (χ4n) is 2.70. The monoisotopic (exact) mass is 464 g/mol. The van der Waals surface area contributed by atoms with Crippen molar-refractivity contribution in [2.24, 2.45) is 5.73 Å². The van der Waals surface area contributed by atoms with E-state index in [1.165, 1.54) is 12.1 Å². The van der Waals surface area contributed by atoms with E-state index in [2.05, 4.69) is 21.9 Å². The predicted molar refractivity (Wildman–Crippen MR) is 136 cm³/mol. The van der Waals surface area contributed by atoms with Crippen molar-refractivity contribution < 1.29 is 13.9 Å². The molecule has 0 bridgehead atoms. The number of fused-ring (bicyclic) bond motifs is 1. The van der Waals surface area contributed by atoms with Crippen LogP contribution in [0.2, 0.25) is 0 Å². The lowest BCUT2D eigenvalue weighted by Gasteiger charge is -2.11. The maximum atomic E-state index is 12.9. The number of anilines is 3. The third kappa shape index (κ3) is 7.06. The molecule has 3 aromatic rings. The predicted octanol–water partition coefficient (Wildman–Crippen LogP) is 5.11. The van der Waals surface area contributed by atoms with Gasteiger partial charge in [0.25, 0.3) is 0 Å². The highest BCUT2D eigenvalue weighted by atomic mass is 19.1. The summed E-state index contributed by atoms with van der Waals surface area (Å²) in [5.74, 6) is 1.40. The molecule has 8 nitrogen and oxygen atoms in total. The number of nitrogen functional groups attached to an aromatic ring is 1. The van der Waals surface area contributed by atoms with Crippen molar-refractivity contribution in [3.05, 3.63) is 78.3 Å². The zero-order chi connectivity index (χ0) is 25.1. The van der Waals surface area contributed by atoms with Gasteiger partial charge in [0.2, 0.25) is 5.95 Å². The van der Waals surface area contributed by atoms with Crippen LogP contribution in [0, 0.1) is 11.2 Å². The molecule has 0 aliphatic rings. The number of halogens is 1. The van der Waals surface area contributed by atoms with Gasteiger partial charge in [-0.3, -0.25) is 0 Å². The van der Waals surface area contributed by atoms with Crippen LogP contribution in [-0.2, 0) is 0 Å². The minimum absolute atomic E-state index is 0.306. The smallest absolute Gasteiger partial charge is 0.229 e. The number of allylic oxidation sites excluding steroid dienone is 4. The van der Waals surface area contributed by atoms with Gasteiger partial charge in [0.05, 0.1) is 19.7 Å². The van der Waals surface area contributed by atoms with Gasteiger partial charge in [0, 0.05) is 34.6 Å². The van der Waals surface area contributed by atoms with Crippen molar-refractivity contribution in [3.63, 3.8) is 0 Å². The Labute approximate surface area is 198 Å². The summed E-state index contributed by atoms with van der Waals surface area (Å²) in [4.78, 5) is 8.62. The molecule has 0 saturated heterocycles. The first kappa shape index (κ1) is 25.9. The van der Waals surface area contributed by atoms with Gasteiger partial charge in [0.1, 0.15) is 11.6 Å². The van der Waals surface area contributed by atoms with Crippen LogP contribution >= 0.6 is 0 Å². The third-order valence-electron chi connectivity index (χ3n) is 4.52. The van der Waals surface area contributed by atoms with Crippen LogP contribution in [0.3, 0.4) is 0 Å². The van der Waals surface area contributed by atoms with Gasteiger partial charge in [-0.2, -0.15) is 4.98 Å². The number of rotatable bonds is 8. The summed E-state index contributed by atoms with van der Waals surface area (Å²) in [7, 11) is 3.09. The number of ether oxygens (including phenoxy) is 2. The molecule has 0 aliphatic heterocycles. The van der Waals surface area contributed by atoms with E-state index in [1.807, 2.05) is 19.1 Å². The second-order valence-electron chi connectivity index (χ2n) is 6.92. The highest BCUT2D eigenvalue weighted by Gasteiger charge is 2.11. The van der Waals surface area contributed by atoms with Gasteiger partial charge in [-0.25, -0.2) is 9.37 Å². The lowest BCUT2D eigenvalue weighted by molar-refractivity contribution is 0.356. The maximum Gasteiger partial charge on any atom is 0.229 e. The molecular weight excluding hydrogens is 435 g/mol. The van der Waals surface area contributed by atoms with Crippen LogP contribution < -0.4 is 26.3 Å². The summed E-state index contributed by atoms with van der Waals surface area (Å²) in [5.41, 5.74) is 13.9. The molecule has 6 N–H and O–H groups in total. The zero-order valence-electron chi connectivity index (χ0n) is 19.4. The quantitative estimate of drug-likeness (QED) is 0.269. The lowest BCUT2D eigenvalue weighted by Crippen LogP contribution is -2.02. The standard InChI is InChI=1S/C16H15FN4O2.C9H14N2/c1-22-13-7-11-12(8-14(13)23-2)20-16(21-15(11)18)19-10-5-3-9(17)4-6-10;1-3-4-5-6-9(11)8(2)7-10/h3-8H,1-2H3,(H3,18,19,20,21);4-7,10H,2-3,11H2,1H3/b;5-4-,9-6+,10-7?. The van der Waals surface area contributed by atoms with E-state index >= 15 is 0 Å². The number of nitrogens with two attached hydrogens (primary N) is 2. The van der Waals surface area contributed by atoms with Gasteiger partial charge in [-0.15, -0.1) is 0 Å². The third-order valence-corrected chi connectivity index (χ3v) is 4.52. The number of methoxy groups -OCH3 is 2. The number of hydrogen-bond acceptors (Lipinski definition) is 8. The van der Waals surface area contributed by atoms with Crippen molar-refractivity contribution in [2.75, 3.05) is 25.3 Å². The molecule has 1 aromatic heterocycles. The van der Waals surface area contributed by atoms with Gasteiger partial charge in [0.15, 0.2) is 11.5 Å². The normalized spacial score (nSPS) is 11.0. The van der Waals surface area contributed by atoms with E-state index in [0.717, 1.165) is 12.6 Å². The minimum atomic E-state index is -0.314. The summed E-state index contributed by atoms with van der Waals surface area (Å²) in [6.07, 6.45) is 7.73. The number of nitrogens with zero attached hydrogens (tertiary/aromatic N) is 2. The molecule has 178 valence electrons. The van der Waals surface area contributed by atoms with Crippen LogP contribution in [0.25, 0.3) is 10.9 Å². The van der Waals surface area contributed by atoms with Crippen LogP contribution in [0.15, 0.2) is 72.5 Å². The van der Waals surface area contributed by atoms with Crippen LogP contribution in [0.4, 0.5) is 21.8 Å². The number of aromatic nitrogens is 2. The molecule has 0 saturated carbocycles. The van der Waals surface area contributed by atoms with Crippen molar-refractivity contribution >= 4 is 34.6 Å². The molecule has 0 unspecified atom stereocenters. The van der Waals surface area contributed by atoms with Crippen molar-refractivity contribution in [2.45, 2.75) is 13.3 Å². The van der Waals surface area contributed by atoms with Crippen LogP contribution in [0.1, 0.15) is 13.3 Å². The molecule has 0 fully saturated rings. The number of nitrogens with one attached hydrogen (secondary N) is 2. The average molecular weight is 465 g/mol. The molecule has 2 aromatic carbocycles. The summed E-state index contributed by atoms with van der Waals surface area (Å²) >= 11 is 0. The first-order valence-electron chi connectivity index (χ1n) is 10.4.